The van der Waals surface area contributed by atoms with Crippen LogP contribution in [0.25, 0.3) is 11.1 Å². The summed E-state index contributed by atoms with van der Waals surface area (Å²) in [6.45, 7) is 8.07. The van der Waals surface area contributed by atoms with Crippen molar-refractivity contribution in [1.29, 1.82) is 0 Å². The molecule has 57 heavy (non-hydrogen) atoms. The van der Waals surface area contributed by atoms with Crippen molar-refractivity contribution in [3.05, 3.63) is 95.1 Å². The summed E-state index contributed by atoms with van der Waals surface area (Å²) < 4.78 is 13.6. The number of nitrogens with one attached hydrogen (secondary N) is 2. The highest BCUT2D eigenvalue weighted by molar-refractivity contribution is 5.76. The summed E-state index contributed by atoms with van der Waals surface area (Å²) >= 11 is 0. The van der Waals surface area contributed by atoms with Crippen LogP contribution < -0.4 is 10.8 Å². The number of benzene rings is 3. The van der Waals surface area contributed by atoms with Crippen LogP contribution in [0.15, 0.2) is 72.8 Å². The molecule has 4 rings (SSSR count). The molecule has 1 aliphatic rings. The summed E-state index contributed by atoms with van der Waals surface area (Å²) in [6, 6.07) is 24.7. The van der Waals surface area contributed by atoms with Crippen LogP contribution in [0.1, 0.15) is 164 Å². The van der Waals surface area contributed by atoms with E-state index in [0.717, 1.165) is 65.9 Å². The van der Waals surface area contributed by atoms with Crippen molar-refractivity contribution in [3.8, 4) is 11.1 Å². The predicted octanol–water partition coefficient (Wildman–Crippen LogP) is 10.5. The van der Waals surface area contributed by atoms with Gasteiger partial charge in [0, 0.05) is 37.9 Å². The molecule has 9 heteroatoms. The number of nitrogens with zero attached hydrogens (tertiary/aromatic N) is 1. The molecule has 2 amide bonds. The molecule has 0 spiro atoms. The van der Waals surface area contributed by atoms with Crippen molar-refractivity contribution in [3.63, 3.8) is 0 Å². The van der Waals surface area contributed by atoms with E-state index in [-0.39, 0.29) is 31.1 Å². The Hall–Kier alpha value is -3.60. The van der Waals surface area contributed by atoms with Gasteiger partial charge in [-0.15, -0.1) is 0 Å². The molecule has 3 aromatic rings. The van der Waals surface area contributed by atoms with Gasteiger partial charge in [0.2, 0.25) is 11.8 Å². The third-order valence-electron chi connectivity index (χ3n) is 11.2. The first kappa shape index (κ1) is 46.1. The first-order valence-corrected chi connectivity index (χ1v) is 22.0. The van der Waals surface area contributed by atoms with Crippen LogP contribution in [-0.4, -0.2) is 52.8 Å². The van der Waals surface area contributed by atoms with Gasteiger partial charge in [-0.1, -0.05) is 157 Å². The van der Waals surface area contributed by atoms with Crippen LogP contribution in [0.2, 0.25) is 0 Å². The number of amides is 2. The van der Waals surface area contributed by atoms with Gasteiger partial charge in [0.1, 0.15) is 0 Å². The molecule has 0 aliphatic carbocycles. The van der Waals surface area contributed by atoms with Gasteiger partial charge in [-0.3, -0.25) is 14.8 Å². The minimum absolute atomic E-state index is 0.00973. The molecule has 1 aliphatic heterocycles. The molecule has 0 aromatic heterocycles. The quantitative estimate of drug-likeness (QED) is 0.0329. The highest BCUT2D eigenvalue weighted by atomic mass is 16.7. The van der Waals surface area contributed by atoms with Gasteiger partial charge in [0.05, 0.1) is 18.8 Å². The lowest BCUT2D eigenvalue weighted by Crippen LogP contribution is -2.40. The number of aliphatic hydroxyl groups excluding tert-OH is 1. The highest BCUT2D eigenvalue weighted by Gasteiger charge is 2.33. The Morgan fingerprint density at radius 1 is 0.684 bits per heavy atom. The van der Waals surface area contributed by atoms with E-state index in [0.29, 0.717) is 25.8 Å². The van der Waals surface area contributed by atoms with E-state index < -0.39 is 12.2 Å². The minimum atomic E-state index is -0.516. The number of ether oxygens (including phenoxy) is 2. The number of hydroxylamine groups is 1. The van der Waals surface area contributed by atoms with Crippen LogP contribution in [0.3, 0.4) is 0 Å². The number of aliphatic hydroxyl groups is 1. The van der Waals surface area contributed by atoms with Crippen LogP contribution in [-0.2, 0) is 32.2 Å². The van der Waals surface area contributed by atoms with Gasteiger partial charge in [-0.05, 0) is 66.6 Å². The van der Waals surface area contributed by atoms with E-state index in [4.69, 9.17) is 14.7 Å². The molecule has 0 unspecified atom stereocenters. The molecule has 4 N–H and O–H groups in total. The minimum Gasteiger partial charge on any atom is -0.392 e. The maximum Gasteiger partial charge on any atom is 0.243 e. The first-order valence-electron chi connectivity index (χ1n) is 22.0. The fourth-order valence-corrected chi connectivity index (χ4v) is 7.71. The Kier molecular flexibility index (Phi) is 22.0. The SMILES string of the molecule is CCCCCCCCN(CCCCCCCC)C[C@@H]1C[C@H](c2ccc(CO)cc2)O[C@H](c2ccc(-c3ccccc3CNC(=O)CCCCCC(=O)NO)cc2)O1. The lowest BCUT2D eigenvalue weighted by atomic mass is 9.97. The second-order valence-corrected chi connectivity index (χ2v) is 15.8. The van der Waals surface area contributed by atoms with Crippen molar-refractivity contribution in [2.75, 3.05) is 19.6 Å². The van der Waals surface area contributed by atoms with Crippen molar-refractivity contribution < 1.29 is 29.4 Å². The Morgan fingerprint density at radius 2 is 1.26 bits per heavy atom. The number of unbranched alkanes of at least 4 members (excludes halogenated alkanes) is 12. The van der Waals surface area contributed by atoms with Crippen LogP contribution in [0.4, 0.5) is 0 Å². The number of carbonyl (C=O) groups is 2. The van der Waals surface area contributed by atoms with Crippen molar-refractivity contribution >= 4 is 11.8 Å². The Morgan fingerprint density at radius 3 is 1.89 bits per heavy atom. The van der Waals surface area contributed by atoms with Crippen LogP contribution in [0.5, 0.6) is 0 Å². The fourth-order valence-electron chi connectivity index (χ4n) is 7.71. The average molecular weight is 786 g/mol. The maximum absolute atomic E-state index is 12.6. The zero-order valence-electron chi connectivity index (χ0n) is 34.9. The number of hydrogen-bond acceptors (Lipinski definition) is 7. The summed E-state index contributed by atoms with van der Waals surface area (Å²) in [4.78, 5) is 26.5. The largest absolute Gasteiger partial charge is 0.392 e. The molecule has 0 bridgehead atoms. The molecule has 314 valence electrons. The topological polar surface area (TPSA) is 120 Å². The summed E-state index contributed by atoms with van der Waals surface area (Å²) in [5, 5.41) is 21.4. The van der Waals surface area contributed by atoms with Gasteiger partial charge in [-0.25, -0.2) is 5.48 Å². The lowest BCUT2D eigenvalue weighted by molar-refractivity contribution is -0.253. The molecule has 3 aromatic carbocycles. The molecule has 9 nitrogen and oxygen atoms in total. The van der Waals surface area contributed by atoms with Gasteiger partial charge in [-0.2, -0.15) is 0 Å². The van der Waals surface area contributed by atoms with Crippen LogP contribution >= 0.6 is 0 Å². The maximum atomic E-state index is 12.6. The van der Waals surface area contributed by atoms with Crippen molar-refractivity contribution in [1.82, 2.24) is 15.7 Å². The molecular weight excluding hydrogens is 715 g/mol. The van der Waals surface area contributed by atoms with E-state index in [9.17, 15) is 14.7 Å². The van der Waals surface area contributed by atoms with Crippen molar-refractivity contribution in [2.45, 2.75) is 161 Å². The van der Waals surface area contributed by atoms with E-state index in [1.165, 1.54) is 77.0 Å². The van der Waals surface area contributed by atoms with Gasteiger partial charge >= 0.3 is 0 Å². The number of rotatable bonds is 28. The highest BCUT2D eigenvalue weighted by Crippen LogP contribution is 2.39. The summed E-state index contributed by atoms with van der Waals surface area (Å²) in [7, 11) is 0. The first-order chi connectivity index (χ1) is 27.9. The molecule has 1 heterocycles. The third kappa shape index (κ3) is 17.0. The van der Waals surface area contributed by atoms with Gasteiger partial charge < -0.3 is 24.8 Å². The van der Waals surface area contributed by atoms with Gasteiger partial charge in [0.15, 0.2) is 6.29 Å². The van der Waals surface area contributed by atoms with E-state index >= 15 is 0 Å². The summed E-state index contributed by atoms with van der Waals surface area (Å²) in [5.41, 5.74) is 7.76. The molecule has 0 saturated carbocycles. The standard InChI is InChI=1S/C48H71N3O6/c1-3-5-7-9-11-18-32-51(33-19-12-10-8-6-4-2)36-43-34-45(40-26-24-38(37-52)25-27-40)57-48(56-43)41-30-28-39(29-31-41)44-21-17-16-20-42(44)35-49-46(53)22-14-13-15-23-47(54)50-55/h16-17,20-21,24-31,43,45,48,52,55H,3-15,18-19,22-23,32-37H2,1-2H3,(H,49,53)(H,50,54)/t43-,45+,48+/m0/s1. The zero-order chi connectivity index (χ0) is 40.5. The fraction of sp³-hybridized carbons (Fsp3) is 0.583. The zero-order valence-corrected chi connectivity index (χ0v) is 34.9. The van der Waals surface area contributed by atoms with Crippen molar-refractivity contribution in [2.24, 2.45) is 0 Å². The molecule has 0 radical (unpaired) electrons. The summed E-state index contributed by atoms with van der Waals surface area (Å²) in [6.07, 6.45) is 18.3. The molecular formula is C48H71N3O6. The molecule has 1 fully saturated rings. The monoisotopic (exact) mass is 786 g/mol. The molecule has 3 atom stereocenters. The third-order valence-corrected chi connectivity index (χ3v) is 11.2. The Bertz CT molecular complexity index is 1530. The van der Waals surface area contributed by atoms with Crippen LogP contribution in [0, 0.1) is 0 Å². The lowest BCUT2D eigenvalue weighted by Gasteiger charge is -2.38. The number of hydrogen-bond donors (Lipinski definition) is 4. The Balaban J connectivity index is 1.43. The average Bonchev–Trinajstić information content (AvgIpc) is 3.25. The Labute approximate surface area is 342 Å². The molecule has 1 saturated heterocycles. The number of carbonyl (C=O) groups excluding carboxylic acids is 2. The van der Waals surface area contributed by atoms with E-state index in [2.05, 4.69) is 66.5 Å². The van der Waals surface area contributed by atoms with E-state index in [1.807, 2.05) is 30.3 Å². The predicted molar refractivity (Wildman–Crippen MR) is 228 cm³/mol. The second-order valence-electron chi connectivity index (χ2n) is 15.8. The van der Waals surface area contributed by atoms with Gasteiger partial charge in [0.25, 0.3) is 0 Å². The van der Waals surface area contributed by atoms with E-state index in [1.54, 1.807) is 5.48 Å². The normalized spacial score (nSPS) is 16.8. The summed E-state index contributed by atoms with van der Waals surface area (Å²) in [5.74, 6) is -0.424. The second kappa shape index (κ2) is 27.2. The smallest absolute Gasteiger partial charge is 0.243 e.